The van der Waals surface area contributed by atoms with E-state index in [9.17, 15) is 4.79 Å². The van der Waals surface area contributed by atoms with Crippen molar-refractivity contribution >= 4 is 0 Å². The Morgan fingerprint density at radius 3 is 3.00 bits per heavy atom. The molecule has 0 aliphatic heterocycles. The van der Waals surface area contributed by atoms with Crippen LogP contribution < -0.4 is 5.56 Å². The van der Waals surface area contributed by atoms with Gasteiger partial charge in [0.2, 0.25) is 0 Å². The number of aromatic nitrogens is 2. The molecule has 1 aromatic rings. The average molecular weight is 153 g/mol. The van der Waals surface area contributed by atoms with Gasteiger partial charge in [0.05, 0.1) is 6.07 Å². The Morgan fingerprint density at radius 1 is 1.64 bits per heavy atom. The van der Waals surface area contributed by atoms with Crippen molar-refractivity contribution in [3.8, 4) is 0 Å². The quantitative estimate of drug-likeness (QED) is 0.648. The van der Waals surface area contributed by atoms with E-state index >= 15 is 0 Å². The lowest BCUT2D eigenvalue weighted by molar-refractivity contribution is 0.540. The second kappa shape index (κ2) is 4.01. The van der Waals surface area contributed by atoms with Crippen LogP contribution in [0.15, 0.2) is 11.0 Å². The molecule has 1 rings (SSSR count). The van der Waals surface area contributed by atoms with Crippen molar-refractivity contribution < 1.29 is 0 Å². The maximum Gasteiger partial charge on any atom is 0.274 e. The molecule has 3 heteroatoms. The monoisotopic (exact) mass is 153 g/mol. The van der Waals surface area contributed by atoms with Gasteiger partial charge in [0.1, 0.15) is 0 Å². The van der Waals surface area contributed by atoms with Gasteiger partial charge in [-0.25, -0.2) is 0 Å². The number of nitrogens with zero attached hydrogens (tertiary/aromatic N) is 1. The summed E-state index contributed by atoms with van der Waals surface area (Å²) in [6.07, 6.45) is 4.96. The molecule has 0 saturated heterocycles. The minimum absolute atomic E-state index is 0.0545. The molecule has 0 fully saturated rings. The van der Waals surface area contributed by atoms with E-state index in [1.807, 2.05) is 0 Å². The summed E-state index contributed by atoms with van der Waals surface area (Å²) in [7, 11) is 0. The molecule has 0 aromatic carbocycles. The summed E-state index contributed by atoms with van der Waals surface area (Å²) >= 11 is 0. The first-order valence-electron chi connectivity index (χ1n) is 4.00. The third-order valence-electron chi connectivity index (χ3n) is 1.65. The number of aromatic amines is 1. The zero-order valence-corrected chi connectivity index (χ0v) is 6.76. The standard InChI is InChI=1S/C8H13N2O/c1-2-3-4-7-10-8(11)5-6-9-10/h6,9H,2-4,7H2,1H3. The lowest BCUT2D eigenvalue weighted by atomic mass is 10.2. The Morgan fingerprint density at radius 2 is 2.45 bits per heavy atom. The van der Waals surface area contributed by atoms with E-state index in [-0.39, 0.29) is 5.56 Å². The highest BCUT2D eigenvalue weighted by molar-refractivity contribution is 4.76. The highest BCUT2D eigenvalue weighted by Crippen LogP contribution is 1.94. The van der Waals surface area contributed by atoms with E-state index in [4.69, 9.17) is 0 Å². The first kappa shape index (κ1) is 8.11. The SMILES string of the molecule is CCCCCn1[nH]c[c]c1=O. The maximum absolute atomic E-state index is 10.9. The second-order valence-corrected chi connectivity index (χ2v) is 2.58. The molecule has 3 nitrogen and oxygen atoms in total. The third-order valence-corrected chi connectivity index (χ3v) is 1.65. The van der Waals surface area contributed by atoms with Gasteiger partial charge in [0.25, 0.3) is 5.56 Å². The zero-order chi connectivity index (χ0) is 8.10. The summed E-state index contributed by atoms with van der Waals surface area (Å²) in [5.41, 5.74) is -0.0545. The van der Waals surface area contributed by atoms with Crippen molar-refractivity contribution in [1.29, 1.82) is 0 Å². The van der Waals surface area contributed by atoms with E-state index in [0.29, 0.717) is 0 Å². The number of hydrogen-bond acceptors (Lipinski definition) is 1. The summed E-state index contributed by atoms with van der Waals surface area (Å²) in [6, 6.07) is 2.55. The Balaban J connectivity index is 2.39. The molecule has 0 spiro atoms. The Bertz CT molecular complexity index is 249. The van der Waals surface area contributed by atoms with Gasteiger partial charge in [-0.05, 0) is 6.42 Å². The maximum atomic E-state index is 10.9. The van der Waals surface area contributed by atoms with Gasteiger partial charge < -0.3 is 5.10 Å². The molecule has 1 radical (unpaired) electrons. The average Bonchev–Trinajstić information content (AvgIpc) is 2.37. The molecule has 0 aliphatic rings. The minimum Gasteiger partial charge on any atom is -0.302 e. The van der Waals surface area contributed by atoms with Crippen LogP contribution in [0.3, 0.4) is 0 Å². The number of nitrogens with one attached hydrogen (secondary N) is 1. The molecule has 0 unspecified atom stereocenters. The molecule has 61 valence electrons. The van der Waals surface area contributed by atoms with Crippen molar-refractivity contribution in [2.45, 2.75) is 32.7 Å². The minimum atomic E-state index is -0.0545. The van der Waals surface area contributed by atoms with Gasteiger partial charge >= 0.3 is 0 Å². The smallest absolute Gasteiger partial charge is 0.274 e. The van der Waals surface area contributed by atoms with Gasteiger partial charge in [-0.2, -0.15) is 0 Å². The lowest BCUT2D eigenvalue weighted by Crippen LogP contribution is -2.15. The normalized spacial score (nSPS) is 10.3. The molecule has 0 aliphatic carbocycles. The first-order valence-corrected chi connectivity index (χ1v) is 4.00. The fraction of sp³-hybridized carbons (Fsp3) is 0.625. The number of unbranched alkanes of at least 4 members (excludes halogenated alkanes) is 2. The molecule has 0 amide bonds. The van der Waals surface area contributed by atoms with E-state index < -0.39 is 0 Å². The van der Waals surface area contributed by atoms with Crippen LogP contribution in [-0.4, -0.2) is 9.78 Å². The molecule has 0 atom stereocenters. The number of rotatable bonds is 4. The predicted octanol–water partition coefficient (Wildman–Crippen LogP) is 1.17. The van der Waals surface area contributed by atoms with E-state index in [1.165, 1.54) is 12.8 Å². The summed E-state index contributed by atoms with van der Waals surface area (Å²) in [5, 5.41) is 2.81. The van der Waals surface area contributed by atoms with E-state index in [2.05, 4.69) is 18.1 Å². The van der Waals surface area contributed by atoms with Crippen LogP contribution in [0.4, 0.5) is 0 Å². The molecule has 1 aromatic heterocycles. The van der Waals surface area contributed by atoms with Crippen molar-refractivity contribution in [3.63, 3.8) is 0 Å². The van der Waals surface area contributed by atoms with Crippen LogP contribution in [0.1, 0.15) is 26.2 Å². The topological polar surface area (TPSA) is 37.8 Å². The fourth-order valence-corrected chi connectivity index (χ4v) is 0.994. The second-order valence-electron chi connectivity index (χ2n) is 2.58. The summed E-state index contributed by atoms with van der Waals surface area (Å²) in [5.74, 6) is 0. The van der Waals surface area contributed by atoms with Gasteiger partial charge in [-0.15, -0.1) is 0 Å². The van der Waals surface area contributed by atoms with Crippen LogP contribution in [0.25, 0.3) is 0 Å². The Kier molecular flexibility index (Phi) is 2.95. The zero-order valence-electron chi connectivity index (χ0n) is 6.76. The van der Waals surface area contributed by atoms with Crippen LogP contribution in [0.2, 0.25) is 0 Å². The summed E-state index contributed by atoms with van der Waals surface area (Å²) in [4.78, 5) is 10.9. The van der Waals surface area contributed by atoms with Gasteiger partial charge in [-0.1, -0.05) is 19.8 Å². The molecule has 1 N–H and O–H groups in total. The fourth-order valence-electron chi connectivity index (χ4n) is 0.994. The van der Waals surface area contributed by atoms with Crippen LogP contribution in [0, 0.1) is 6.07 Å². The first-order chi connectivity index (χ1) is 5.34. The largest absolute Gasteiger partial charge is 0.302 e. The predicted molar refractivity (Wildman–Crippen MR) is 43.4 cm³/mol. The molecule has 11 heavy (non-hydrogen) atoms. The molecule has 1 heterocycles. The van der Waals surface area contributed by atoms with Crippen molar-refractivity contribution in [3.05, 3.63) is 22.6 Å². The van der Waals surface area contributed by atoms with Crippen LogP contribution in [0.5, 0.6) is 0 Å². The summed E-state index contributed by atoms with van der Waals surface area (Å²) < 4.78 is 1.58. The highest BCUT2D eigenvalue weighted by atomic mass is 16.1. The Hall–Kier alpha value is -0.990. The van der Waals surface area contributed by atoms with Gasteiger partial charge in [0, 0.05) is 12.7 Å². The number of hydrogen-bond donors (Lipinski definition) is 1. The highest BCUT2D eigenvalue weighted by Gasteiger charge is 1.93. The van der Waals surface area contributed by atoms with Crippen LogP contribution in [-0.2, 0) is 6.54 Å². The number of aryl methyl sites for hydroxylation is 1. The molecular weight excluding hydrogens is 140 g/mol. The van der Waals surface area contributed by atoms with Gasteiger partial charge in [-0.3, -0.25) is 9.48 Å². The van der Waals surface area contributed by atoms with E-state index in [0.717, 1.165) is 13.0 Å². The van der Waals surface area contributed by atoms with Gasteiger partial charge in [0.15, 0.2) is 0 Å². The molecule has 0 bridgehead atoms. The van der Waals surface area contributed by atoms with Crippen molar-refractivity contribution in [1.82, 2.24) is 9.78 Å². The number of H-pyrrole nitrogens is 1. The van der Waals surface area contributed by atoms with E-state index in [1.54, 1.807) is 10.9 Å². The van der Waals surface area contributed by atoms with Crippen LogP contribution >= 0.6 is 0 Å². The summed E-state index contributed by atoms with van der Waals surface area (Å²) in [6.45, 7) is 2.93. The Labute approximate surface area is 66.0 Å². The molecular formula is C8H13N2O. The lowest BCUT2D eigenvalue weighted by Gasteiger charge is -1.98. The molecule has 0 saturated carbocycles. The third kappa shape index (κ3) is 2.26. The van der Waals surface area contributed by atoms with Crippen molar-refractivity contribution in [2.24, 2.45) is 0 Å². The van der Waals surface area contributed by atoms with Crippen molar-refractivity contribution in [2.75, 3.05) is 0 Å².